The number of aliphatic carboxylic acids is 1. The van der Waals surface area contributed by atoms with Crippen LogP contribution in [-0.2, 0) is 16.2 Å². The lowest BCUT2D eigenvalue weighted by atomic mass is 10.0. The van der Waals surface area contributed by atoms with Crippen LogP contribution in [0.5, 0.6) is 0 Å². The second-order valence-corrected chi connectivity index (χ2v) is 4.85. The molecule has 1 aliphatic carbocycles. The summed E-state index contributed by atoms with van der Waals surface area (Å²) in [6.07, 6.45) is 1.54. The van der Waals surface area contributed by atoms with Crippen LogP contribution >= 0.6 is 0 Å². The van der Waals surface area contributed by atoms with Crippen molar-refractivity contribution in [3.05, 3.63) is 29.8 Å². The van der Waals surface area contributed by atoms with Crippen LogP contribution in [0.15, 0.2) is 24.3 Å². The van der Waals surface area contributed by atoms with Crippen LogP contribution in [0.1, 0.15) is 24.8 Å². The van der Waals surface area contributed by atoms with E-state index in [-0.39, 0.29) is 18.4 Å². The predicted octanol–water partition coefficient (Wildman–Crippen LogP) is 1.62. The normalized spacial score (nSPS) is 22.2. The van der Waals surface area contributed by atoms with E-state index in [4.69, 9.17) is 5.11 Å². The third-order valence-corrected chi connectivity index (χ3v) is 3.60. The summed E-state index contributed by atoms with van der Waals surface area (Å²) in [5.74, 6) is -1.66. The van der Waals surface area contributed by atoms with Crippen molar-refractivity contribution in [1.82, 2.24) is 0 Å². The average molecular weight is 263 g/mol. The van der Waals surface area contributed by atoms with E-state index in [2.05, 4.69) is 5.32 Å². The molecular weight excluding hydrogens is 246 g/mol. The second-order valence-electron chi connectivity index (χ2n) is 4.85. The smallest absolute Gasteiger partial charge is 0.306 e. The molecule has 0 aromatic heterocycles. The van der Waals surface area contributed by atoms with Crippen molar-refractivity contribution in [2.24, 2.45) is 11.8 Å². The van der Waals surface area contributed by atoms with Gasteiger partial charge in [-0.15, -0.1) is 0 Å². The predicted molar refractivity (Wildman–Crippen MR) is 69.5 cm³/mol. The Labute approximate surface area is 111 Å². The molecule has 5 heteroatoms. The van der Waals surface area contributed by atoms with Gasteiger partial charge in [-0.3, -0.25) is 9.59 Å². The maximum Gasteiger partial charge on any atom is 0.306 e. The van der Waals surface area contributed by atoms with Crippen LogP contribution in [0, 0.1) is 11.8 Å². The van der Waals surface area contributed by atoms with E-state index in [1.807, 2.05) is 0 Å². The first-order valence-electron chi connectivity index (χ1n) is 6.34. The van der Waals surface area contributed by atoms with Crippen LogP contribution in [0.4, 0.5) is 5.69 Å². The first-order chi connectivity index (χ1) is 9.11. The number of carbonyl (C=O) groups excluding carboxylic acids is 1. The number of amides is 1. The summed E-state index contributed by atoms with van der Waals surface area (Å²) < 4.78 is 0. The molecule has 0 radical (unpaired) electrons. The highest BCUT2D eigenvalue weighted by Gasteiger charge is 2.33. The van der Waals surface area contributed by atoms with E-state index < -0.39 is 11.9 Å². The van der Waals surface area contributed by atoms with Crippen LogP contribution in [0.25, 0.3) is 0 Å². The van der Waals surface area contributed by atoms with Crippen molar-refractivity contribution in [3.8, 4) is 0 Å². The molecule has 1 amide bonds. The summed E-state index contributed by atoms with van der Waals surface area (Å²) in [6.45, 7) is -0.140. The summed E-state index contributed by atoms with van der Waals surface area (Å²) >= 11 is 0. The fraction of sp³-hybridized carbons (Fsp3) is 0.429. The maximum absolute atomic E-state index is 12.1. The average Bonchev–Trinajstić information content (AvgIpc) is 2.89. The maximum atomic E-state index is 12.1. The zero-order valence-electron chi connectivity index (χ0n) is 10.5. The van der Waals surface area contributed by atoms with Gasteiger partial charge in [-0.25, -0.2) is 0 Å². The van der Waals surface area contributed by atoms with Crippen molar-refractivity contribution >= 4 is 17.6 Å². The van der Waals surface area contributed by atoms with Crippen molar-refractivity contribution < 1.29 is 19.8 Å². The lowest BCUT2D eigenvalue weighted by molar-refractivity contribution is -0.141. The molecule has 1 aliphatic rings. The largest absolute Gasteiger partial charge is 0.481 e. The van der Waals surface area contributed by atoms with Gasteiger partial charge in [-0.2, -0.15) is 0 Å². The molecule has 0 unspecified atom stereocenters. The zero-order valence-corrected chi connectivity index (χ0v) is 10.5. The van der Waals surface area contributed by atoms with Crippen LogP contribution < -0.4 is 5.32 Å². The quantitative estimate of drug-likeness (QED) is 0.770. The molecule has 19 heavy (non-hydrogen) atoms. The summed E-state index contributed by atoms with van der Waals surface area (Å²) in [7, 11) is 0. The minimum atomic E-state index is -0.828. The van der Waals surface area contributed by atoms with Crippen LogP contribution in [0.2, 0.25) is 0 Å². The fourth-order valence-electron chi connectivity index (χ4n) is 2.46. The molecule has 0 aliphatic heterocycles. The number of carboxylic acid groups (broad SMARTS) is 1. The Hall–Kier alpha value is -1.88. The molecule has 0 heterocycles. The number of rotatable bonds is 4. The molecule has 1 aromatic carbocycles. The van der Waals surface area contributed by atoms with Crippen molar-refractivity contribution in [3.63, 3.8) is 0 Å². The van der Waals surface area contributed by atoms with Crippen molar-refractivity contribution in [1.29, 1.82) is 0 Å². The Bertz CT molecular complexity index is 486. The molecule has 1 fully saturated rings. The number of aliphatic hydroxyl groups is 1. The Morgan fingerprint density at radius 3 is 2.53 bits per heavy atom. The first kappa shape index (κ1) is 13.5. The number of aliphatic hydroxyl groups excluding tert-OH is 1. The lowest BCUT2D eigenvalue weighted by Gasteiger charge is -2.13. The molecule has 2 atom stereocenters. The Balaban J connectivity index is 2.00. The molecule has 2 rings (SSSR count). The SMILES string of the molecule is O=C(O)[C@H]1CC[C@@H](C(=O)Nc2ccccc2CO)C1. The molecule has 1 saturated carbocycles. The van der Waals surface area contributed by atoms with Gasteiger partial charge in [0.25, 0.3) is 0 Å². The summed E-state index contributed by atoms with van der Waals surface area (Å²) in [5.41, 5.74) is 1.25. The third-order valence-electron chi connectivity index (χ3n) is 3.60. The Kier molecular flexibility index (Phi) is 4.16. The topological polar surface area (TPSA) is 86.6 Å². The van der Waals surface area contributed by atoms with Gasteiger partial charge in [0.2, 0.25) is 5.91 Å². The number of hydrogen-bond acceptors (Lipinski definition) is 3. The molecule has 102 valence electrons. The molecule has 0 bridgehead atoms. The highest BCUT2D eigenvalue weighted by Crippen LogP contribution is 2.32. The van der Waals surface area contributed by atoms with Gasteiger partial charge in [-0.1, -0.05) is 18.2 Å². The number of nitrogens with one attached hydrogen (secondary N) is 1. The Morgan fingerprint density at radius 2 is 1.89 bits per heavy atom. The van der Waals surface area contributed by atoms with Gasteiger partial charge in [0.1, 0.15) is 0 Å². The number of para-hydroxylation sites is 1. The number of anilines is 1. The van der Waals surface area contributed by atoms with Crippen LogP contribution in [0.3, 0.4) is 0 Å². The monoisotopic (exact) mass is 263 g/mol. The number of hydrogen-bond donors (Lipinski definition) is 3. The van der Waals surface area contributed by atoms with E-state index in [0.717, 1.165) is 0 Å². The fourth-order valence-corrected chi connectivity index (χ4v) is 2.46. The van der Waals surface area contributed by atoms with Crippen LogP contribution in [-0.4, -0.2) is 22.1 Å². The molecule has 0 saturated heterocycles. The van der Waals surface area contributed by atoms with Crippen molar-refractivity contribution in [2.75, 3.05) is 5.32 Å². The van der Waals surface area contributed by atoms with E-state index >= 15 is 0 Å². The van der Waals surface area contributed by atoms with Gasteiger partial charge in [0.05, 0.1) is 12.5 Å². The number of carbonyl (C=O) groups is 2. The van der Waals surface area contributed by atoms with Gasteiger partial charge >= 0.3 is 5.97 Å². The highest BCUT2D eigenvalue weighted by atomic mass is 16.4. The van der Waals surface area contributed by atoms with Crippen molar-refractivity contribution in [2.45, 2.75) is 25.9 Å². The van der Waals surface area contributed by atoms with E-state index in [1.165, 1.54) is 0 Å². The Morgan fingerprint density at radius 1 is 1.21 bits per heavy atom. The van der Waals surface area contributed by atoms with E-state index in [1.54, 1.807) is 24.3 Å². The molecule has 0 spiro atoms. The number of carboxylic acids is 1. The summed E-state index contributed by atoms with van der Waals surface area (Å²) in [5, 5.41) is 20.9. The molecule has 1 aromatic rings. The van der Waals surface area contributed by atoms with Gasteiger partial charge in [0.15, 0.2) is 0 Å². The highest BCUT2D eigenvalue weighted by molar-refractivity contribution is 5.93. The second kappa shape index (κ2) is 5.84. The van der Waals surface area contributed by atoms with E-state index in [9.17, 15) is 14.7 Å². The van der Waals surface area contributed by atoms with Gasteiger partial charge in [0, 0.05) is 17.2 Å². The zero-order chi connectivity index (χ0) is 13.8. The molecule has 5 nitrogen and oxygen atoms in total. The standard InChI is InChI=1S/C14H17NO4/c16-8-11-3-1-2-4-12(11)15-13(17)9-5-6-10(7-9)14(18)19/h1-4,9-10,16H,5-8H2,(H,15,17)(H,18,19)/t9-,10+/m1/s1. The van der Waals surface area contributed by atoms with Gasteiger partial charge < -0.3 is 15.5 Å². The third kappa shape index (κ3) is 3.12. The lowest BCUT2D eigenvalue weighted by Crippen LogP contribution is -2.22. The molecule has 3 N–H and O–H groups in total. The number of benzene rings is 1. The van der Waals surface area contributed by atoms with Gasteiger partial charge in [-0.05, 0) is 25.3 Å². The minimum absolute atomic E-state index is 0.140. The summed E-state index contributed by atoms with van der Waals surface area (Å²) in [6, 6.07) is 7.04. The summed E-state index contributed by atoms with van der Waals surface area (Å²) in [4.78, 5) is 22.9. The molecular formula is C14H17NO4. The van der Waals surface area contributed by atoms with E-state index in [0.29, 0.717) is 30.5 Å². The minimum Gasteiger partial charge on any atom is -0.481 e. The first-order valence-corrected chi connectivity index (χ1v) is 6.34.